The zero-order chi connectivity index (χ0) is 18.7. The average molecular weight is 385 g/mol. The van der Waals surface area contributed by atoms with Crippen LogP contribution in [-0.2, 0) is 11.0 Å². The van der Waals surface area contributed by atoms with E-state index in [1.807, 2.05) is 0 Å². The predicted octanol–water partition coefficient (Wildman–Crippen LogP) is 3.31. The molecule has 10 heteroatoms. The van der Waals surface area contributed by atoms with Crippen LogP contribution in [0.4, 0.5) is 18.9 Å². The van der Waals surface area contributed by atoms with Crippen LogP contribution in [0.15, 0.2) is 29.4 Å². The van der Waals surface area contributed by atoms with E-state index in [9.17, 15) is 18.0 Å². The molecule has 1 amide bonds. The van der Waals surface area contributed by atoms with Crippen molar-refractivity contribution in [1.82, 2.24) is 9.97 Å². The Kier molecular flexibility index (Phi) is 5.21. The highest BCUT2D eigenvalue weighted by Crippen LogP contribution is 2.33. The van der Waals surface area contributed by atoms with Crippen LogP contribution in [0.25, 0.3) is 0 Å². The third kappa shape index (κ3) is 4.57. The van der Waals surface area contributed by atoms with Crippen LogP contribution in [0.2, 0.25) is 0 Å². The lowest BCUT2D eigenvalue weighted by Gasteiger charge is -2.19. The van der Waals surface area contributed by atoms with Crippen molar-refractivity contribution in [2.45, 2.75) is 18.3 Å². The Morgan fingerprint density at radius 2 is 1.92 bits per heavy atom. The summed E-state index contributed by atoms with van der Waals surface area (Å²) in [5.74, 6) is 0.593. The number of rotatable bonds is 4. The molecule has 0 saturated carbocycles. The first-order valence-corrected chi connectivity index (χ1v) is 8.55. The summed E-state index contributed by atoms with van der Waals surface area (Å²) in [6.07, 6.45) is -4.56. The lowest BCUT2D eigenvalue weighted by Crippen LogP contribution is -2.17. The zero-order valence-electron chi connectivity index (χ0n) is 13.6. The number of fused-ring (bicyclic) bond motifs is 1. The van der Waals surface area contributed by atoms with Gasteiger partial charge in [-0.1, -0.05) is 11.8 Å². The molecule has 0 spiro atoms. The number of hydrogen-bond donors (Lipinski definition) is 1. The largest absolute Gasteiger partial charge is 0.486 e. The van der Waals surface area contributed by atoms with Crippen molar-refractivity contribution >= 4 is 23.4 Å². The zero-order valence-corrected chi connectivity index (χ0v) is 14.4. The van der Waals surface area contributed by atoms with Crippen molar-refractivity contribution < 1.29 is 27.4 Å². The number of anilines is 1. The summed E-state index contributed by atoms with van der Waals surface area (Å²) in [6, 6.07) is 5.82. The number of alkyl halides is 3. The van der Waals surface area contributed by atoms with Crippen molar-refractivity contribution in [3.8, 4) is 11.5 Å². The molecule has 0 atom stereocenters. The lowest BCUT2D eigenvalue weighted by molar-refractivity contribution is -0.141. The van der Waals surface area contributed by atoms with Gasteiger partial charge in [0.05, 0.1) is 5.75 Å². The summed E-state index contributed by atoms with van der Waals surface area (Å²) in [5.41, 5.74) is -0.345. The van der Waals surface area contributed by atoms with Gasteiger partial charge in [0.15, 0.2) is 16.7 Å². The highest BCUT2D eigenvalue weighted by molar-refractivity contribution is 7.99. The third-order valence-electron chi connectivity index (χ3n) is 3.28. The Balaban J connectivity index is 1.62. The number of halogens is 3. The monoisotopic (exact) mass is 385 g/mol. The summed E-state index contributed by atoms with van der Waals surface area (Å²) in [5, 5.41) is 2.55. The first kappa shape index (κ1) is 18.3. The number of nitrogens with one attached hydrogen (secondary N) is 1. The Morgan fingerprint density at radius 3 is 2.65 bits per heavy atom. The number of amides is 1. The average Bonchev–Trinajstić information content (AvgIpc) is 2.59. The molecule has 0 unspecified atom stereocenters. The molecule has 0 radical (unpaired) electrons. The van der Waals surface area contributed by atoms with E-state index >= 15 is 0 Å². The van der Waals surface area contributed by atoms with Crippen LogP contribution in [0.1, 0.15) is 11.4 Å². The number of carbonyl (C=O) groups excluding carboxylic acids is 1. The molecule has 0 saturated heterocycles. The Morgan fingerprint density at radius 1 is 1.19 bits per heavy atom. The smallest absolute Gasteiger partial charge is 0.433 e. The topological polar surface area (TPSA) is 73.3 Å². The van der Waals surface area contributed by atoms with Crippen LogP contribution >= 0.6 is 11.8 Å². The van der Waals surface area contributed by atoms with Crippen molar-refractivity contribution in [3.63, 3.8) is 0 Å². The second-order valence-corrected chi connectivity index (χ2v) is 6.31. The molecule has 138 valence electrons. The van der Waals surface area contributed by atoms with Gasteiger partial charge in [0, 0.05) is 17.4 Å². The van der Waals surface area contributed by atoms with Crippen LogP contribution in [-0.4, -0.2) is 34.8 Å². The summed E-state index contributed by atoms with van der Waals surface area (Å²) >= 11 is 0.831. The van der Waals surface area contributed by atoms with E-state index in [0.717, 1.165) is 17.8 Å². The number of benzene rings is 1. The fourth-order valence-corrected chi connectivity index (χ4v) is 2.90. The summed E-state index contributed by atoms with van der Waals surface area (Å²) in [6.45, 7) is 2.33. The van der Waals surface area contributed by atoms with Crippen molar-refractivity contribution in [3.05, 3.63) is 35.7 Å². The summed E-state index contributed by atoms with van der Waals surface area (Å²) in [7, 11) is 0. The molecule has 3 rings (SSSR count). The number of hydrogen-bond acceptors (Lipinski definition) is 6. The molecule has 1 aliphatic rings. The van der Waals surface area contributed by atoms with Crippen molar-refractivity contribution in [2.24, 2.45) is 0 Å². The Bertz CT molecular complexity index is 830. The Labute approximate surface area is 151 Å². The van der Waals surface area contributed by atoms with E-state index in [2.05, 4.69) is 15.3 Å². The molecular weight excluding hydrogens is 371 g/mol. The van der Waals surface area contributed by atoms with E-state index in [0.29, 0.717) is 30.4 Å². The standard InChI is InChI=1S/C16H14F3N3O3S/c1-9-6-13(16(17,18)19)22-15(20-9)26-8-14(23)21-10-2-3-11-12(7-10)25-5-4-24-11/h2-3,6-7H,4-5,8H2,1H3,(H,21,23). The van der Waals surface area contributed by atoms with E-state index in [-0.39, 0.29) is 16.6 Å². The van der Waals surface area contributed by atoms with Gasteiger partial charge < -0.3 is 14.8 Å². The number of nitrogens with zero attached hydrogens (tertiary/aromatic N) is 2. The van der Waals surface area contributed by atoms with Crippen LogP contribution < -0.4 is 14.8 Å². The number of ether oxygens (including phenoxy) is 2. The minimum atomic E-state index is -4.56. The molecule has 6 nitrogen and oxygen atoms in total. The van der Waals surface area contributed by atoms with Gasteiger partial charge in [-0.05, 0) is 25.1 Å². The molecule has 1 aromatic carbocycles. The number of carbonyl (C=O) groups is 1. The van der Waals surface area contributed by atoms with Crippen LogP contribution in [0, 0.1) is 6.92 Å². The minimum absolute atomic E-state index is 0.102. The molecular formula is C16H14F3N3O3S. The maximum atomic E-state index is 12.8. The molecule has 26 heavy (non-hydrogen) atoms. The molecule has 0 aliphatic carbocycles. The van der Waals surface area contributed by atoms with Gasteiger partial charge >= 0.3 is 6.18 Å². The molecule has 1 N–H and O–H groups in total. The van der Waals surface area contributed by atoms with Crippen LogP contribution in [0.3, 0.4) is 0 Å². The van der Waals surface area contributed by atoms with Gasteiger partial charge in [-0.25, -0.2) is 9.97 Å². The second-order valence-electron chi connectivity index (χ2n) is 5.37. The van der Waals surface area contributed by atoms with Gasteiger partial charge in [-0.15, -0.1) is 0 Å². The summed E-state index contributed by atoms with van der Waals surface area (Å²) < 4.78 is 49.1. The highest BCUT2D eigenvalue weighted by atomic mass is 32.2. The maximum Gasteiger partial charge on any atom is 0.433 e. The van der Waals surface area contributed by atoms with E-state index in [1.54, 1.807) is 18.2 Å². The summed E-state index contributed by atoms with van der Waals surface area (Å²) in [4.78, 5) is 19.4. The third-order valence-corrected chi connectivity index (χ3v) is 4.13. The number of aromatic nitrogens is 2. The molecule has 1 aromatic heterocycles. The van der Waals surface area contributed by atoms with Gasteiger partial charge in [0.25, 0.3) is 0 Å². The normalized spacial score (nSPS) is 13.4. The van der Waals surface area contributed by atoms with Gasteiger partial charge in [0.1, 0.15) is 18.9 Å². The Hall–Kier alpha value is -2.49. The van der Waals surface area contributed by atoms with Crippen molar-refractivity contribution in [2.75, 3.05) is 24.3 Å². The highest BCUT2D eigenvalue weighted by Gasteiger charge is 2.33. The SMILES string of the molecule is Cc1cc(C(F)(F)F)nc(SCC(=O)Nc2ccc3c(c2)OCCO3)n1. The molecule has 1 aliphatic heterocycles. The fraction of sp³-hybridized carbons (Fsp3) is 0.312. The lowest BCUT2D eigenvalue weighted by atomic mass is 10.2. The second kappa shape index (κ2) is 7.40. The number of aryl methyl sites for hydroxylation is 1. The van der Waals surface area contributed by atoms with Crippen LogP contribution in [0.5, 0.6) is 11.5 Å². The molecule has 0 bridgehead atoms. The quantitative estimate of drug-likeness (QED) is 0.643. The predicted molar refractivity (Wildman–Crippen MR) is 88.6 cm³/mol. The van der Waals surface area contributed by atoms with Crippen molar-refractivity contribution in [1.29, 1.82) is 0 Å². The molecule has 2 aromatic rings. The fourth-order valence-electron chi connectivity index (χ4n) is 2.20. The maximum absolute atomic E-state index is 12.8. The van der Waals surface area contributed by atoms with Gasteiger partial charge in [0.2, 0.25) is 5.91 Å². The van der Waals surface area contributed by atoms with E-state index in [1.165, 1.54) is 6.92 Å². The first-order valence-electron chi connectivity index (χ1n) is 7.56. The minimum Gasteiger partial charge on any atom is -0.486 e. The first-order chi connectivity index (χ1) is 12.3. The van der Waals surface area contributed by atoms with Gasteiger partial charge in [-0.2, -0.15) is 13.2 Å². The molecule has 0 fully saturated rings. The van der Waals surface area contributed by atoms with E-state index < -0.39 is 17.8 Å². The van der Waals surface area contributed by atoms with Gasteiger partial charge in [-0.3, -0.25) is 4.79 Å². The van der Waals surface area contributed by atoms with E-state index in [4.69, 9.17) is 9.47 Å². The molecule has 2 heterocycles. The number of thioether (sulfide) groups is 1.